The second-order valence-electron chi connectivity index (χ2n) is 8.22. The molecule has 0 atom stereocenters. The van der Waals surface area contributed by atoms with Crippen molar-refractivity contribution in [2.75, 3.05) is 39.5 Å². The number of ether oxygens (including phenoxy) is 2. The molecule has 0 spiro atoms. The monoisotopic (exact) mass is 448 g/mol. The summed E-state index contributed by atoms with van der Waals surface area (Å²) in [6.45, 7) is 3.71. The lowest BCUT2D eigenvalue weighted by atomic mass is 9.98. The molecule has 5 rings (SSSR count). The minimum Gasteiger partial charge on any atom is -0.490 e. The molecule has 9 heteroatoms. The molecule has 1 aliphatic carbocycles. The molecule has 3 aromatic heterocycles. The minimum absolute atomic E-state index is 0.114. The third-order valence-electron chi connectivity index (χ3n) is 6.01. The van der Waals surface area contributed by atoms with Crippen molar-refractivity contribution >= 4 is 28.4 Å². The van der Waals surface area contributed by atoms with Gasteiger partial charge in [-0.2, -0.15) is 0 Å². The number of allylic oxidation sites excluding steroid dienone is 1. The number of nitrogens with one attached hydrogen (secondary N) is 1. The van der Waals surface area contributed by atoms with Crippen LogP contribution in [0, 0.1) is 5.41 Å². The zero-order chi connectivity index (χ0) is 22.8. The van der Waals surface area contributed by atoms with E-state index < -0.39 is 0 Å². The van der Waals surface area contributed by atoms with Gasteiger partial charge in [-0.25, -0.2) is 9.51 Å². The molecule has 0 amide bonds. The lowest BCUT2D eigenvalue weighted by Gasteiger charge is -2.21. The van der Waals surface area contributed by atoms with Crippen LogP contribution in [0.4, 0.5) is 5.69 Å². The number of rotatable bonds is 8. The van der Waals surface area contributed by atoms with Gasteiger partial charge in [0.15, 0.2) is 5.69 Å². The standard InChI is InChI=1S/C24H28N6O3/c1-28-11-7-17-21(25)18(16-20(23(17)28)32-14-12-29-8-4-5-9-29)26-22-19-6-2-3-10-30(19)27-24(22)33-15-13-31/h2-3,6-7,10-11,16,25,31H,4-5,8-9,12-15H2,1H3/b25-21?,26-18+. The Hall–Kier alpha value is -3.43. The van der Waals surface area contributed by atoms with Crippen LogP contribution in [0.25, 0.3) is 11.3 Å². The molecule has 0 radical (unpaired) electrons. The number of hydrogen-bond acceptors (Lipinski definition) is 7. The summed E-state index contributed by atoms with van der Waals surface area (Å²) in [5.41, 5.74) is 3.75. The van der Waals surface area contributed by atoms with Crippen LogP contribution in [0.15, 0.2) is 47.7 Å². The molecule has 3 aromatic rings. The van der Waals surface area contributed by atoms with Gasteiger partial charge >= 0.3 is 0 Å². The van der Waals surface area contributed by atoms with E-state index in [4.69, 9.17) is 19.9 Å². The molecule has 172 valence electrons. The number of aliphatic hydroxyl groups excluding tert-OH is 1. The molecular formula is C24H28N6O3. The molecule has 0 saturated carbocycles. The molecule has 2 aliphatic rings. The first-order valence-corrected chi connectivity index (χ1v) is 11.3. The highest BCUT2D eigenvalue weighted by atomic mass is 16.5. The fourth-order valence-corrected chi connectivity index (χ4v) is 4.36. The lowest BCUT2D eigenvalue weighted by Crippen LogP contribution is -2.25. The second kappa shape index (κ2) is 9.21. The lowest BCUT2D eigenvalue weighted by molar-refractivity contribution is 0.197. The molecule has 1 fully saturated rings. The smallest absolute Gasteiger partial charge is 0.260 e. The Bertz CT molecular complexity index is 1230. The van der Waals surface area contributed by atoms with E-state index in [0.717, 1.165) is 36.4 Å². The van der Waals surface area contributed by atoms with E-state index >= 15 is 0 Å². The number of hydrogen-bond donors (Lipinski definition) is 2. The molecular weight excluding hydrogens is 420 g/mol. The quantitative estimate of drug-likeness (QED) is 0.552. The van der Waals surface area contributed by atoms with Crippen LogP contribution >= 0.6 is 0 Å². The predicted molar refractivity (Wildman–Crippen MR) is 127 cm³/mol. The molecule has 0 aromatic carbocycles. The fraction of sp³-hybridized carbons (Fsp3) is 0.375. The van der Waals surface area contributed by atoms with E-state index in [2.05, 4.69) is 10.00 Å². The predicted octanol–water partition coefficient (Wildman–Crippen LogP) is 2.65. The third-order valence-corrected chi connectivity index (χ3v) is 6.01. The van der Waals surface area contributed by atoms with Gasteiger partial charge in [-0.3, -0.25) is 10.3 Å². The Morgan fingerprint density at radius 3 is 2.79 bits per heavy atom. The zero-order valence-electron chi connectivity index (χ0n) is 18.7. The van der Waals surface area contributed by atoms with E-state index in [1.807, 2.05) is 54.3 Å². The third kappa shape index (κ3) is 4.17. The topological polar surface area (TPSA) is 100 Å². The van der Waals surface area contributed by atoms with Gasteiger partial charge in [0, 0.05) is 37.6 Å². The highest BCUT2D eigenvalue weighted by Crippen LogP contribution is 2.34. The highest BCUT2D eigenvalue weighted by Gasteiger charge is 2.27. The molecule has 1 saturated heterocycles. The van der Waals surface area contributed by atoms with Crippen LogP contribution in [-0.2, 0) is 11.8 Å². The van der Waals surface area contributed by atoms with E-state index in [-0.39, 0.29) is 13.2 Å². The number of aromatic nitrogens is 3. The normalized spacial score (nSPS) is 17.6. The van der Waals surface area contributed by atoms with Crippen LogP contribution in [0.1, 0.15) is 24.1 Å². The summed E-state index contributed by atoms with van der Waals surface area (Å²) in [6.07, 6.45) is 8.08. The SMILES string of the molecule is Cn1ccc2c1C(OCCN1CCCC1)=C/C(=N\c1c(OCCO)nn3ccccc13)C2=N. The summed E-state index contributed by atoms with van der Waals surface area (Å²) >= 11 is 0. The summed E-state index contributed by atoms with van der Waals surface area (Å²) < 4.78 is 15.5. The second-order valence-corrected chi connectivity index (χ2v) is 8.22. The summed E-state index contributed by atoms with van der Waals surface area (Å²) in [7, 11) is 1.96. The van der Waals surface area contributed by atoms with E-state index in [0.29, 0.717) is 35.4 Å². The van der Waals surface area contributed by atoms with Crippen molar-refractivity contribution < 1.29 is 14.6 Å². The number of likely N-dealkylation sites (tertiary alicyclic amines) is 1. The maximum absolute atomic E-state index is 9.20. The molecule has 4 heterocycles. The highest BCUT2D eigenvalue weighted by molar-refractivity contribution is 6.54. The molecule has 1 aliphatic heterocycles. The number of aliphatic imine (C=N–C) groups is 1. The number of pyridine rings is 1. The first-order valence-electron chi connectivity index (χ1n) is 11.3. The van der Waals surface area contributed by atoms with Crippen molar-refractivity contribution in [3.8, 4) is 5.88 Å². The van der Waals surface area contributed by atoms with Crippen molar-refractivity contribution in [2.45, 2.75) is 12.8 Å². The number of aryl methyl sites for hydroxylation is 1. The zero-order valence-corrected chi connectivity index (χ0v) is 18.7. The van der Waals surface area contributed by atoms with Crippen molar-refractivity contribution in [3.05, 3.63) is 54.0 Å². The van der Waals surface area contributed by atoms with Gasteiger partial charge in [0.05, 0.1) is 29.2 Å². The van der Waals surface area contributed by atoms with Crippen molar-refractivity contribution in [2.24, 2.45) is 12.0 Å². The number of nitrogens with zero attached hydrogens (tertiary/aromatic N) is 5. The summed E-state index contributed by atoms with van der Waals surface area (Å²) in [6, 6.07) is 7.59. The molecule has 33 heavy (non-hydrogen) atoms. The number of fused-ring (bicyclic) bond motifs is 2. The first-order chi connectivity index (χ1) is 16.2. The van der Waals surface area contributed by atoms with Crippen LogP contribution < -0.4 is 4.74 Å². The van der Waals surface area contributed by atoms with Crippen molar-refractivity contribution in [1.82, 2.24) is 19.1 Å². The maximum atomic E-state index is 9.20. The minimum atomic E-state index is -0.123. The molecule has 9 nitrogen and oxygen atoms in total. The van der Waals surface area contributed by atoms with Gasteiger partial charge in [0.25, 0.3) is 5.88 Å². The van der Waals surface area contributed by atoms with Gasteiger partial charge in [0.1, 0.15) is 19.0 Å². The van der Waals surface area contributed by atoms with E-state index in [9.17, 15) is 5.11 Å². The summed E-state index contributed by atoms with van der Waals surface area (Å²) in [4.78, 5) is 7.22. The van der Waals surface area contributed by atoms with Gasteiger partial charge in [-0.15, -0.1) is 5.10 Å². The van der Waals surface area contributed by atoms with Gasteiger partial charge in [-0.05, 0) is 44.1 Å². The number of aliphatic hydroxyl groups is 1. The van der Waals surface area contributed by atoms with E-state index in [1.54, 1.807) is 4.52 Å². The average Bonchev–Trinajstić information content (AvgIpc) is 3.55. The van der Waals surface area contributed by atoms with Crippen LogP contribution in [0.2, 0.25) is 0 Å². The Kier molecular flexibility index (Phi) is 5.97. The van der Waals surface area contributed by atoms with Gasteiger partial charge in [0.2, 0.25) is 0 Å². The van der Waals surface area contributed by atoms with Crippen LogP contribution in [0.3, 0.4) is 0 Å². The average molecular weight is 449 g/mol. The largest absolute Gasteiger partial charge is 0.490 e. The molecule has 0 bridgehead atoms. The first kappa shape index (κ1) is 21.4. The summed E-state index contributed by atoms with van der Waals surface area (Å²) in [5.74, 6) is 1.03. The van der Waals surface area contributed by atoms with Gasteiger partial charge in [-0.1, -0.05) is 6.07 Å². The Morgan fingerprint density at radius 2 is 1.97 bits per heavy atom. The molecule has 2 N–H and O–H groups in total. The van der Waals surface area contributed by atoms with Gasteiger partial charge < -0.3 is 19.1 Å². The Labute approximate surface area is 192 Å². The summed E-state index contributed by atoms with van der Waals surface area (Å²) in [5, 5.41) is 22.5. The Balaban J connectivity index is 1.51. The van der Waals surface area contributed by atoms with Crippen LogP contribution in [0.5, 0.6) is 5.88 Å². The van der Waals surface area contributed by atoms with Crippen molar-refractivity contribution in [1.29, 1.82) is 5.41 Å². The van der Waals surface area contributed by atoms with Crippen LogP contribution in [-0.4, -0.2) is 75.1 Å². The fourth-order valence-electron chi connectivity index (χ4n) is 4.36. The maximum Gasteiger partial charge on any atom is 0.260 e. The van der Waals surface area contributed by atoms with Crippen molar-refractivity contribution in [3.63, 3.8) is 0 Å². The molecule has 0 unspecified atom stereocenters. The van der Waals surface area contributed by atoms with E-state index in [1.165, 1.54) is 12.8 Å². The Morgan fingerprint density at radius 1 is 1.12 bits per heavy atom.